The van der Waals surface area contributed by atoms with Crippen LogP contribution < -0.4 is 5.32 Å². The number of carboxylic acids is 1. The van der Waals surface area contributed by atoms with Gasteiger partial charge in [-0.15, -0.1) is 0 Å². The Hall–Kier alpha value is -0.750. The predicted octanol–water partition coefficient (Wildman–Crippen LogP) is 0.0994. The minimum atomic E-state index is -1.06. The van der Waals surface area contributed by atoms with Crippen LogP contribution in [-0.2, 0) is 14.3 Å². The molecule has 0 aromatic heterocycles. The molecule has 2 N–H and O–H groups in total. The molecule has 0 aliphatic carbocycles. The molecule has 1 aliphatic rings. The minimum Gasteiger partial charge on any atom is -0.480 e. The Balaban J connectivity index is 2.00. The molecule has 1 saturated heterocycles. The fraction of sp³-hybridized carbons (Fsp3) is 0.778. The van der Waals surface area contributed by atoms with Gasteiger partial charge in [0.15, 0.2) is 0 Å². The number of aliphatic carboxylic acids is 1. The summed E-state index contributed by atoms with van der Waals surface area (Å²) in [5.41, 5.74) is 0. The van der Waals surface area contributed by atoms with E-state index < -0.39 is 12.6 Å². The highest BCUT2D eigenvalue weighted by Gasteiger charge is 2.16. The highest BCUT2D eigenvalue weighted by atomic mass is 32.2. The first-order valence-corrected chi connectivity index (χ1v) is 5.91. The molecular formula is C9H15NO4S. The Morgan fingerprint density at radius 1 is 1.47 bits per heavy atom. The van der Waals surface area contributed by atoms with Gasteiger partial charge in [-0.05, 0) is 18.6 Å². The van der Waals surface area contributed by atoms with E-state index in [0.717, 1.165) is 12.2 Å². The normalized spacial score (nSPS) is 20.1. The molecule has 6 heteroatoms. The van der Waals surface area contributed by atoms with Crippen molar-refractivity contribution in [2.24, 2.45) is 0 Å². The fourth-order valence-electron chi connectivity index (χ4n) is 1.32. The van der Waals surface area contributed by atoms with Crippen molar-refractivity contribution in [3.63, 3.8) is 0 Å². The van der Waals surface area contributed by atoms with Crippen LogP contribution in [0.15, 0.2) is 0 Å². The Morgan fingerprint density at radius 3 is 2.87 bits per heavy atom. The highest BCUT2D eigenvalue weighted by Crippen LogP contribution is 2.25. The number of carbonyl (C=O) groups is 2. The summed E-state index contributed by atoms with van der Waals surface area (Å²) in [6, 6.07) is 0. The maximum absolute atomic E-state index is 11.1. The zero-order valence-corrected chi connectivity index (χ0v) is 9.22. The van der Waals surface area contributed by atoms with Crippen LogP contribution in [0, 0.1) is 0 Å². The highest BCUT2D eigenvalue weighted by molar-refractivity contribution is 8.00. The summed E-state index contributed by atoms with van der Waals surface area (Å²) in [7, 11) is 0. The number of hydrogen-bond donors (Lipinski definition) is 2. The van der Waals surface area contributed by atoms with E-state index >= 15 is 0 Å². The first-order valence-electron chi connectivity index (χ1n) is 4.86. The lowest BCUT2D eigenvalue weighted by molar-refractivity contribution is -0.143. The number of carbonyl (C=O) groups excluding carboxylic acids is 1. The van der Waals surface area contributed by atoms with E-state index in [4.69, 9.17) is 5.11 Å². The molecule has 1 unspecified atom stereocenters. The van der Waals surface area contributed by atoms with Gasteiger partial charge >= 0.3 is 5.97 Å². The average molecular weight is 233 g/mol. The van der Waals surface area contributed by atoms with E-state index in [-0.39, 0.29) is 12.5 Å². The number of ether oxygens (including phenoxy) is 1. The van der Waals surface area contributed by atoms with Gasteiger partial charge in [-0.3, -0.25) is 4.79 Å². The molecule has 0 bridgehead atoms. The van der Waals surface area contributed by atoms with E-state index in [0.29, 0.717) is 11.8 Å². The van der Waals surface area contributed by atoms with Gasteiger partial charge in [-0.2, -0.15) is 11.8 Å². The summed E-state index contributed by atoms with van der Waals surface area (Å²) in [5, 5.41) is 11.5. The van der Waals surface area contributed by atoms with Crippen LogP contribution in [0.1, 0.15) is 12.8 Å². The van der Waals surface area contributed by atoms with E-state index in [1.54, 1.807) is 0 Å². The molecule has 1 rings (SSSR count). The molecule has 1 amide bonds. The summed E-state index contributed by atoms with van der Waals surface area (Å²) in [4.78, 5) is 21.2. The molecule has 86 valence electrons. The van der Waals surface area contributed by atoms with Crippen LogP contribution in [0.3, 0.4) is 0 Å². The molecule has 15 heavy (non-hydrogen) atoms. The number of rotatable bonds is 6. The standard InChI is InChI=1S/C9H15NO4S/c11-8(5-14-6-9(12)13)10-4-7-2-1-3-15-7/h7H,1-6H2,(H,10,11)(H,12,13). The van der Waals surface area contributed by atoms with Crippen LogP contribution in [0.5, 0.6) is 0 Å². The van der Waals surface area contributed by atoms with Crippen molar-refractivity contribution in [3.8, 4) is 0 Å². The molecule has 1 atom stereocenters. The van der Waals surface area contributed by atoms with E-state index in [1.807, 2.05) is 11.8 Å². The van der Waals surface area contributed by atoms with Crippen molar-refractivity contribution in [2.75, 3.05) is 25.5 Å². The second kappa shape index (κ2) is 6.68. The van der Waals surface area contributed by atoms with Gasteiger partial charge in [0, 0.05) is 11.8 Å². The van der Waals surface area contributed by atoms with Crippen molar-refractivity contribution in [1.29, 1.82) is 0 Å². The first kappa shape index (κ1) is 12.3. The molecule has 1 fully saturated rings. The SMILES string of the molecule is O=C(O)COCC(=O)NCC1CCCS1. The maximum Gasteiger partial charge on any atom is 0.329 e. The molecule has 0 aromatic carbocycles. The smallest absolute Gasteiger partial charge is 0.329 e. The van der Waals surface area contributed by atoms with Crippen LogP contribution in [0.25, 0.3) is 0 Å². The number of amides is 1. The summed E-state index contributed by atoms with van der Waals surface area (Å²) >= 11 is 1.86. The van der Waals surface area contributed by atoms with Crippen molar-refractivity contribution in [3.05, 3.63) is 0 Å². The molecule has 5 nitrogen and oxygen atoms in total. The first-order chi connectivity index (χ1) is 7.18. The second-order valence-electron chi connectivity index (χ2n) is 3.33. The monoisotopic (exact) mass is 233 g/mol. The van der Waals surface area contributed by atoms with Crippen LogP contribution in [-0.4, -0.2) is 47.7 Å². The van der Waals surface area contributed by atoms with Crippen LogP contribution in [0.4, 0.5) is 0 Å². The largest absolute Gasteiger partial charge is 0.480 e. The zero-order chi connectivity index (χ0) is 11.1. The van der Waals surface area contributed by atoms with Gasteiger partial charge in [-0.1, -0.05) is 0 Å². The summed E-state index contributed by atoms with van der Waals surface area (Å²) in [5.74, 6) is -0.145. The molecule has 0 radical (unpaired) electrons. The van der Waals surface area contributed by atoms with Gasteiger partial charge in [0.05, 0.1) is 0 Å². The molecule has 1 aliphatic heterocycles. The number of nitrogens with one attached hydrogen (secondary N) is 1. The lowest BCUT2D eigenvalue weighted by atomic mass is 10.2. The summed E-state index contributed by atoms with van der Waals surface area (Å²) in [6.07, 6.45) is 2.35. The third-order valence-corrected chi connectivity index (χ3v) is 3.41. The zero-order valence-electron chi connectivity index (χ0n) is 8.40. The van der Waals surface area contributed by atoms with Crippen molar-refractivity contribution in [2.45, 2.75) is 18.1 Å². The van der Waals surface area contributed by atoms with E-state index in [2.05, 4.69) is 10.1 Å². The minimum absolute atomic E-state index is 0.177. The third-order valence-electron chi connectivity index (χ3n) is 2.01. The molecule has 1 heterocycles. The molecular weight excluding hydrogens is 218 g/mol. The molecule has 0 saturated carbocycles. The Kier molecular flexibility index (Phi) is 5.49. The lowest BCUT2D eigenvalue weighted by Gasteiger charge is -2.09. The second-order valence-corrected chi connectivity index (χ2v) is 4.73. The summed E-state index contributed by atoms with van der Waals surface area (Å²) < 4.78 is 4.65. The van der Waals surface area contributed by atoms with Crippen molar-refractivity contribution < 1.29 is 19.4 Å². The van der Waals surface area contributed by atoms with Crippen molar-refractivity contribution in [1.82, 2.24) is 5.32 Å². The van der Waals surface area contributed by atoms with Crippen molar-refractivity contribution >= 4 is 23.6 Å². The van der Waals surface area contributed by atoms with E-state index in [1.165, 1.54) is 6.42 Å². The van der Waals surface area contributed by atoms with Gasteiger partial charge in [0.25, 0.3) is 0 Å². The van der Waals surface area contributed by atoms with Crippen LogP contribution >= 0.6 is 11.8 Å². The number of thioether (sulfide) groups is 1. The predicted molar refractivity (Wildman–Crippen MR) is 56.9 cm³/mol. The lowest BCUT2D eigenvalue weighted by Crippen LogP contribution is -2.33. The number of carboxylic acid groups (broad SMARTS) is 1. The Labute approximate surface area is 92.6 Å². The Morgan fingerprint density at radius 2 is 2.27 bits per heavy atom. The van der Waals surface area contributed by atoms with Crippen LogP contribution in [0.2, 0.25) is 0 Å². The Bertz CT molecular complexity index is 228. The molecule has 0 spiro atoms. The summed E-state index contributed by atoms with van der Waals surface area (Å²) in [6.45, 7) is 0.0508. The topological polar surface area (TPSA) is 75.6 Å². The van der Waals surface area contributed by atoms with Gasteiger partial charge in [-0.25, -0.2) is 4.79 Å². The third kappa shape index (κ3) is 5.64. The number of hydrogen-bond acceptors (Lipinski definition) is 4. The van der Waals surface area contributed by atoms with Gasteiger partial charge < -0.3 is 15.2 Å². The quantitative estimate of drug-likeness (QED) is 0.680. The average Bonchev–Trinajstić information content (AvgIpc) is 2.66. The molecule has 0 aromatic rings. The van der Waals surface area contributed by atoms with Gasteiger partial charge in [0.1, 0.15) is 13.2 Å². The van der Waals surface area contributed by atoms with Gasteiger partial charge in [0.2, 0.25) is 5.91 Å². The fourth-order valence-corrected chi connectivity index (χ4v) is 2.52. The van der Waals surface area contributed by atoms with E-state index in [9.17, 15) is 9.59 Å². The maximum atomic E-state index is 11.1.